The van der Waals surface area contributed by atoms with Crippen LogP contribution in [0.15, 0.2) is 77.7 Å². The van der Waals surface area contributed by atoms with E-state index < -0.39 is 10.0 Å². The number of nitrogens with zero attached hydrogens (tertiary/aromatic N) is 1. The van der Waals surface area contributed by atoms with E-state index in [9.17, 15) is 18.6 Å². The Kier molecular flexibility index (Phi) is 7.68. The maximum absolute atomic E-state index is 12.5. The molecule has 3 N–H and O–H groups in total. The molecule has 1 unspecified atom stereocenters. The zero-order chi connectivity index (χ0) is 24.1. The Morgan fingerprint density at radius 2 is 1.74 bits per heavy atom. The number of hydrogen-bond acceptors (Lipinski definition) is 5. The van der Waals surface area contributed by atoms with Gasteiger partial charge in [0.25, 0.3) is 0 Å². The second kappa shape index (κ2) is 10.7. The molecule has 1 aliphatic rings. The lowest BCUT2D eigenvalue weighted by Crippen LogP contribution is -2.56. The number of rotatable bonds is 10. The van der Waals surface area contributed by atoms with Gasteiger partial charge < -0.3 is 10.2 Å². The number of aromatic hydroxyl groups is 1. The number of hydrogen-bond donors (Lipinski definition) is 3. The van der Waals surface area contributed by atoms with Crippen molar-refractivity contribution in [1.82, 2.24) is 9.62 Å². The van der Waals surface area contributed by atoms with Crippen molar-refractivity contribution in [2.24, 2.45) is 0 Å². The molecule has 3 aromatic rings. The SMILES string of the molecule is Cc1ccccc1S(=O)(=O)NCCCCN1C[C@H](c2ccc(-c3cccc(O)c3)cc2)C1CO. The maximum atomic E-state index is 12.5. The van der Waals surface area contributed by atoms with Crippen LogP contribution < -0.4 is 4.72 Å². The Balaban J connectivity index is 1.25. The van der Waals surface area contributed by atoms with E-state index >= 15 is 0 Å². The van der Waals surface area contributed by atoms with Crippen molar-refractivity contribution in [3.05, 3.63) is 83.9 Å². The van der Waals surface area contributed by atoms with Gasteiger partial charge in [0.2, 0.25) is 10.0 Å². The number of aliphatic hydroxyl groups excluding tert-OH is 1. The summed E-state index contributed by atoms with van der Waals surface area (Å²) in [7, 11) is -3.49. The third-order valence-electron chi connectivity index (χ3n) is 6.62. The van der Waals surface area contributed by atoms with E-state index in [1.165, 1.54) is 5.56 Å². The third kappa shape index (κ3) is 5.50. The van der Waals surface area contributed by atoms with Gasteiger partial charge in [-0.25, -0.2) is 13.1 Å². The van der Waals surface area contributed by atoms with Crippen molar-refractivity contribution in [2.75, 3.05) is 26.2 Å². The highest BCUT2D eigenvalue weighted by molar-refractivity contribution is 7.89. The Bertz CT molecular complexity index is 1210. The van der Waals surface area contributed by atoms with Crippen molar-refractivity contribution >= 4 is 10.0 Å². The van der Waals surface area contributed by atoms with Crippen LogP contribution in [0.3, 0.4) is 0 Å². The van der Waals surface area contributed by atoms with Gasteiger partial charge in [-0.2, -0.15) is 0 Å². The second-order valence-corrected chi connectivity index (χ2v) is 10.6. The molecule has 4 rings (SSSR count). The van der Waals surface area contributed by atoms with Gasteiger partial charge in [-0.15, -0.1) is 0 Å². The first-order valence-corrected chi connectivity index (χ1v) is 13.2. The highest BCUT2D eigenvalue weighted by atomic mass is 32.2. The molecule has 0 aromatic heterocycles. The molecule has 3 aromatic carbocycles. The van der Waals surface area contributed by atoms with Gasteiger partial charge in [0, 0.05) is 25.0 Å². The number of phenols is 1. The Morgan fingerprint density at radius 3 is 2.44 bits per heavy atom. The molecule has 2 atom stereocenters. The Morgan fingerprint density at radius 1 is 0.971 bits per heavy atom. The average Bonchev–Trinajstić information content (AvgIpc) is 2.81. The number of likely N-dealkylation sites (tertiary alicyclic amines) is 1. The molecule has 1 heterocycles. The summed E-state index contributed by atoms with van der Waals surface area (Å²) in [5.74, 6) is 0.530. The number of aryl methyl sites for hydroxylation is 1. The smallest absolute Gasteiger partial charge is 0.240 e. The molecular formula is C27H32N2O4S. The van der Waals surface area contributed by atoms with E-state index in [0.717, 1.165) is 42.6 Å². The number of sulfonamides is 1. The molecule has 0 radical (unpaired) electrons. The molecular weight excluding hydrogens is 448 g/mol. The van der Waals surface area contributed by atoms with Gasteiger partial charge in [0.05, 0.1) is 11.5 Å². The molecule has 1 aliphatic heterocycles. The van der Waals surface area contributed by atoms with Crippen molar-refractivity contribution in [2.45, 2.75) is 36.6 Å². The van der Waals surface area contributed by atoms with E-state index in [1.807, 2.05) is 18.2 Å². The minimum absolute atomic E-state index is 0.0790. The van der Waals surface area contributed by atoms with E-state index in [4.69, 9.17) is 0 Å². The molecule has 7 heteroatoms. The topological polar surface area (TPSA) is 89.9 Å². The first-order chi connectivity index (χ1) is 16.4. The number of phenolic OH excluding ortho intramolecular Hbond substituents is 1. The molecule has 0 aliphatic carbocycles. The van der Waals surface area contributed by atoms with Gasteiger partial charge in [-0.1, -0.05) is 54.6 Å². The first-order valence-electron chi connectivity index (χ1n) is 11.7. The predicted octanol–water partition coefficient (Wildman–Crippen LogP) is 3.89. The van der Waals surface area contributed by atoms with E-state index in [-0.39, 0.29) is 24.3 Å². The summed E-state index contributed by atoms with van der Waals surface area (Å²) in [6.07, 6.45) is 1.60. The summed E-state index contributed by atoms with van der Waals surface area (Å²) >= 11 is 0. The number of nitrogens with one attached hydrogen (secondary N) is 1. The predicted molar refractivity (Wildman–Crippen MR) is 134 cm³/mol. The second-order valence-electron chi connectivity index (χ2n) is 8.89. The number of unbranched alkanes of at least 4 members (excludes halogenated alkanes) is 1. The minimum Gasteiger partial charge on any atom is -0.508 e. The molecule has 180 valence electrons. The van der Waals surface area contributed by atoms with Crippen molar-refractivity contribution in [3.63, 3.8) is 0 Å². The lowest BCUT2D eigenvalue weighted by molar-refractivity contribution is 0.0161. The lowest BCUT2D eigenvalue weighted by atomic mass is 9.82. The van der Waals surface area contributed by atoms with Crippen molar-refractivity contribution < 1.29 is 18.6 Å². The van der Waals surface area contributed by atoms with E-state index in [1.54, 1.807) is 37.3 Å². The third-order valence-corrected chi connectivity index (χ3v) is 8.24. The van der Waals surface area contributed by atoms with Gasteiger partial charge in [0.1, 0.15) is 5.75 Å². The van der Waals surface area contributed by atoms with Crippen molar-refractivity contribution in [1.29, 1.82) is 0 Å². The summed E-state index contributed by atoms with van der Waals surface area (Å²) in [6, 6.07) is 22.6. The zero-order valence-corrected chi connectivity index (χ0v) is 20.2. The van der Waals surface area contributed by atoms with Gasteiger partial charge in [-0.3, -0.25) is 4.90 Å². The summed E-state index contributed by atoms with van der Waals surface area (Å²) in [5, 5.41) is 19.7. The van der Waals surface area contributed by atoms with Crippen LogP contribution in [0.2, 0.25) is 0 Å². The fourth-order valence-electron chi connectivity index (χ4n) is 4.64. The highest BCUT2D eigenvalue weighted by Gasteiger charge is 2.38. The first kappa shape index (κ1) is 24.4. The Labute approximate surface area is 201 Å². The Hall–Kier alpha value is -2.71. The molecule has 1 saturated heterocycles. The van der Waals surface area contributed by atoms with Crippen LogP contribution in [0.5, 0.6) is 5.75 Å². The molecule has 0 amide bonds. The summed E-state index contributed by atoms with van der Waals surface area (Å²) < 4.78 is 27.7. The van der Waals surface area contributed by atoms with Gasteiger partial charge >= 0.3 is 0 Å². The van der Waals surface area contributed by atoms with Crippen molar-refractivity contribution in [3.8, 4) is 16.9 Å². The van der Waals surface area contributed by atoms with Gasteiger partial charge in [0.15, 0.2) is 0 Å². The quantitative estimate of drug-likeness (QED) is 0.383. The number of benzene rings is 3. The van der Waals surface area contributed by atoms with Crippen LogP contribution in [-0.2, 0) is 10.0 Å². The molecule has 0 spiro atoms. The molecule has 0 bridgehead atoms. The summed E-state index contributed by atoms with van der Waals surface area (Å²) in [6.45, 7) is 4.00. The summed E-state index contributed by atoms with van der Waals surface area (Å²) in [5.41, 5.74) is 3.95. The monoisotopic (exact) mass is 480 g/mol. The molecule has 1 fully saturated rings. The number of aliphatic hydroxyl groups is 1. The fourth-order valence-corrected chi connectivity index (χ4v) is 5.96. The normalized spacial score (nSPS) is 18.5. The van der Waals surface area contributed by atoms with E-state index in [2.05, 4.69) is 33.9 Å². The van der Waals surface area contributed by atoms with Crippen LogP contribution in [-0.4, -0.2) is 55.8 Å². The lowest BCUT2D eigenvalue weighted by Gasteiger charge is -2.48. The van der Waals surface area contributed by atoms with Crippen LogP contribution in [0.1, 0.15) is 29.9 Å². The molecule has 0 saturated carbocycles. The maximum Gasteiger partial charge on any atom is 0.240 e. The van der Waals surface area contributed by atoms with Crippen LogP contribution in [0.25, 0.3) is 11.1 Å². The standard InChI is InChI=1S/C27H32N2O4S/c1-20-7-2-3-10-27(20)34(32,33)28-15-4-5-16-29-18-25(26(29)19-30)22-13-11-21(12-14-22)23-8-6-9-24(31)17-23/h2-3,6-14,17,25-26,28,30-31H,4-5,15-16,18-19H2,1H3/t25-,26?/m1/s1. The van der Waals surface area contributed by atoms with Crippen LogP contribution in [0.4, 0.5) is 0 Å². The fraction of sp³-hybridized carbons (Fsp3) is 0.333. The van der Waals surface area contributed by atoms with E-state index in [0.29, 0.717) is 11.4 Å². The van der Waals surface area contributed by atoms with Crippen LogP contribution in [0, 0.1) is 6.92 Å². The minimum atomic E-state index is -3.49. The largest absolute Gasteiger partial charge is 0.508 e. The average molecular weight is 481 g/mol. The molecule has 6 nitrogen and oxygen atoms in total. The van der Waals surface area contributed by atoms with Crippen LogP contribution >= 0.6 is 0 Å². The zero-order valence-electron chi connectivity index (χ0n) is 19.4. The van der Waals surface area contributed by atoms with Gasteiger partial charge in [-0.05, 0) is 66.8 Å². The highest BCUT2D eigenvalue weighted by Crippen LogP contribution is 2.35. The molecule has 34 heavy (non-hydrogen) atoms. The summed E-state index contributed by atoms with van der Waals surface area (Å²) in [4.78, 5) is 2.60.